The highest BCUT2D eigenvalue weighted by molar-refractivity contribution is 5.97. The van der Waals surface area contributed by atoms with Crippen molar-refractivity contribution in [2.45, 2.75) is 76.5 Å². The Balaban J connectivity index is 1.42. The number of piperidine rings is 1. The second kappa shape index (κ2) is 7.91. The van der Waals surface area contributed by atoms with Crippen molar-refractivity contribution in [2.75, 3.05) is 0 Å². The third kappa shape index (κ3) is 3.57. The summed E-state index contributed by atoms with van der Waals surface area (Å²) in [5.74, 6) is 0.526. The van der Waals surface area contributed by atoms with Crippen LogP contribution in [0.5, 0.6) is 0 Å². The number of benzene rings is 1. The van der Waals surface area contributed by atoms with Gasteiger partial charge in [-0.25, -0.2) is 0 Å². The molecule has 3 fully saturated rings. The molecule has 2 amide bonds. The number of ether oxygens (including phenoxy) is 1. The molecule has 3 aliphatic rings. The normalized spacial score (nSPS) is 29.6. The molecule has 26 heavy (non-hydrogen) atoms. The Bertz CT molecular complexity index is 638. The van der Waals surface area contributed by atoms with E-state index in [1.54, 1.807) is 4.90 Å². The van der Waals surface area contributed by atoms with Gasteiger partial charge in [0, 0.05) is 24.3 Å². The lowest BCUT2D eigenvalue weighted by Crippen LogP contribution is -2.53. The van der Waals surface area contributed by atoms with Gasteiger partial charge in [-0.1, -0.05) is 49.6 Å². The largest absolute Gasteiger partial charge is 0.373 e. The number of amides is 2. The summed E-state index contributed by atoms with van der Waals surface area (Å²) in [6, 6.07) is 10.3. The second-order valence-electron chi connectivity index (χ2n) is 8.12. The molecule has 1 aromatic carbocycles. The summed E-state index contributed by atoms with van der Waals surface area (Å²) in [5, 5.41) is 0. The Morgan fingerprint density at radius 3 is 2.54 bits per heavy atom. The van der Waals surface area contributed by atoms with Crippen molar-refractivity contribution in [1.82, 2.24) is 4.90 Å². The van der Waals surface area contributed by atoms with Gasteiger partial charge in [-0.2, -0.15) is 0 Å². The number of carbonyl (C=O) groups excluding carboxylic acids is 2. The first-order valence-electron chi connectivity index (χ1n) is 10.3. The van der Waals surface area contributed by atoms with Crippen LogP contribution in [0.15, 0.2) is 30.3 Å². The molecule has 3 atom stereocenters. The zero-order valence-electron chi connectivity index (χ0n) is 15.4. The number of imide groups is 1. The average molecular weight is 355 g/mol. The van der Waals surface area contributed by atoms with E-state index in [1.165, 1.54) is 12.0 Å². The van der Waals surface area contributed by atoms with Crippen LogP contribution in [0, 0.1) is 11.8 Å². The molecule has 1 aromatic rings. The van der Waals surface area contributed by atoms with Gasteiger partial charge in [-0.05, 0) is 37.7 Å². The predicted octanol–water partition coefficient (Wildman–Crippen LogP) is 4.08. The smallest absolute Gasteiger partial charge is 0.232 e. The number of rotatable bonds is 4. The van der Waals surface area contributed by atoms with Gasteiger partial charge in [0.2, 0.25) is 11.8 Å². The van der Waals surface area contributed by atoms with Crippen LogP contribution in [0.25, 0.3) is 0 Å². The lowest BCUT2D eigenvalue weighted by molar-refractivity contribution is -0.156. The number of hydrogen-bond donors (Lipinski definition) is 0. The first-order valence-corrected chi connectivity index (χ1v) is 10.3. The zero-order chi connectivity index (χ0) is 17.9. The molecule has 4 heteroatoms. The predicted molar refractivity (Wildman–Crippen MR) is 99.2 cm³/mol. The highest BCUT2D eigenvalue weighted by Crippen LogP contribution is 2.41. The van der Waals surface area contributed by atoms with Crippen molar-refractivity contribution in [3.63, 3.8) is 0 Å². The Kier molecular flexibility index (Phi) is 5.39. The van der Waals surface area contributed by atoms with E-state index in [9.17, 15) is 9.59 Å². The fraction of sp³-hybridized carbons (Fsp3) is 0.636. The minimum absolute atomic E-state index is 0.0468. The quantitative estimate of drug-likeness (QED) is 0.765. The molecule has 4 rings (SSSR count). The molecular weight excluding hydrogens is 326 g/mol. The van der Waals surface area contributed by atoms with Crippen LogP contribution in [-0.4, -0.2) is 28.9 Å². The Morgan fingerprint density at radius 2 is 1.77 bits per heavy atom. The van der Waals surface area contributed by atoms with E-state index in [1.807, 2.05) is 18.2 Å². The molecule has 1 saturated heterocycles. The highest BCUT2D eigenvalue weighted by atomic mass is 16.5. The van der Waals surface area contributed by atoms with Gasteiger partial charge in [-0.3, -0.25) is 14.5 Å². The molecular formula is C22H29NO3. The van der Waals surface area contributed by atoms with Crippen molar-refractivity contribution >= 4 is 11.8 Å². The monoisotopic (exact) mass is 355 g/mol. The summed E-state index contributed by atoms with van der Waals surface area (Å²) in [4.78, 5) is 27.3. The van der Waals surface area contributed by atoms with E-state index in [0.29, 0.717) is 18.9 Å². The Labute approximate surface area is 155 Å². The summed E-state index contributed by atoms with van der Waals surface area (Å²) < 4.78 is 6.22. The van der Waals surface area contributed by atoms with Gasteiger partial charge < -0.3 is 4.74 Å². The van der Waals surface area contributed by atoms with Crippen LogP contribution >= 0.6 is 0 Å². The SMILES string of the molecule is O=C1CC[C@@H]2[C@@H](CC[C@H]2OCc2ccccc2)N1C(=O)C1CCCCC1. The van der Waals surface area contributed by atoms with Crippen LogP contribution in [0.3, 0.4) is 0 Å². The molecule has 0 unspecified atom stereocenters. The average Bonchev–Trinajstić information content (AvgIpc) is 3.10. The maximum atomic E-state index is 13.1. The Hall–Kier alpha value is -1.68. The molecule has 0 radical (unpaired) electrons. The molecule has 0 aromatic heterocycles. The van der Waals surface area contributed by atoms with Gasteiger partial charge in [0.15, 0.2) is 0 Å². The van der Waals surface area contributed by atoms with Crippen LogP contribution in [0.1, 0.15) is 63.4 Å². The number of likely N-dealkylation sites (tertiary alicyclic amines) is 1. The Morgan fingerprint density at radius 1 is 1.00 bits per heavy atom. The van der Waals surface area contributed by atoms with E-state index >= 15 is 0 Å². The molecule has 0 spiro atoms. The molecule has 4 nitrogen and oxygen atoms in total. The zero-order valence-corrected chi connectivity index (χ0v) is 15.4. The molecule has 0 bridgehead atoms. The van der Waals surface area contributed by atoms with E-state index < -0.39 is 0 Å². The summed E-state index contributed by atoms with van der Waals surface area (Å²) in [6.45, 7) is 0.610. The van der Waals surface area contributed by atoms with Crippen molar-refractivity contribution in [3.8, 4) is 0 Å². The van der Waals surface area contributed by atoms with Crippen LogP contribution in [0.2, 0.25) is 0 Å². The van der Waals surface area contributed by atoms with Crippen LogP contribution < -0.4 is 0 Å². The van der Waals surface area contributed by atoms with Gasteiger partial charge in [0.05, 0.1) is 12.7 Å². The molecule has 140 valence electrons. The summed E-state index contributed by atoms with van der Waals surface area (Å²) >= 11 is 0. The third-order valence-electron chi connectivity index (χ3n) is 6.51. The number of fused-ring (bicyclic) bond motifs is 1. The van der Waals surface area contributed by atoms with Crippen molar-refractivity contribution in [3.05, 3.63) is 35.9 Å². The highest BCUT2D eigenvalue weighted by Gasteiger charge is 2.48. The maximum absolute atomic E-state index is 13.1. The van der Waals surface area contributed by atoms with Gasteiger partial charge in [0.25, 0.3) is 0 Å². The van der Waals surface area contributed by atoms with Gasteiger partial charge in [0.1, 0.15) is 0 Å². The fourth-order valence-corrected chi connectivity index (χ4v) is 5.12. The molecule has 1 heterocycles. The van der Waals surface area contributed by atoms with E-state index in [-0.39, 0.29) is 29.9 Å². The van der Waals surface area contributed by atoms with Crippen LogP contribution in [0.4, 0.5) is 0 Å². The summed E-state index contributed by atoms with van der Waals surface area (Å²) in [6.07, 6.45) is 8.72. The topological polar surface area (TPSA) is 46.6 Å². The maximum Gasteiger partial charge on any atom is 0.232 e. The van der Waals surface area contributed by atoms with Crippen LogP contribution in [-0.2, 0) is 20.9 Å². The van der Waals surface area contributed by atoms with E-state index in [4.69, 9.17) is 4.74 Å². The minimum atomic E-state index is 0.0468. The van der Waals surface area contributed by atoms with Gasteiger partial charge >= 0.3 is 0 Å². The van der Waals surface area contributed by atoms with E-state index in [0.717, 1.165) is 44.9 Å². The van der Waals surface area contributed by atoms with Crippen molar-refractivity contribution in [1.29, 1.82) is 0 Å². The molecule has 0 N–H and O–H groups in total. The summed E-state index contributed by atoms with van der Waals surface area (Å²) in [7, 11) is 0. The standard InChI is InChI=1S/C22H29NO3/c24-21-14-11-18-19(23(21)22(25)17-9-5-2-6-10-17)12-13-20(18)26-15-16-7-3-1-4-8-16/h1,3-4,7-8,17-20H,2,5-6,9-15H2/t18-,19-,20-/m1/s1. The van der Waals surface area contributed by atoms with Crippen molar-refractivity contribution in [2.24, 2.45) is 11.8 Å². The molecule has 2 saturated carbocycles. The fourth-order valence-electron chi connectivity index (χ4n) is 5.12. The number of hydrogen-bond acceptors (Lipinski definition) is 3. The molecule has 2 aliphatic carbocycles. The first-order chi connectivity index (χ1) is 12.7. The lowest BCUT2D eigenvalue weighted by atomic mass is 9.85. The minimum Gasteiger partial charge on any atom is -0.373 e. The summed E-state index contributed by atoms with van der Waals surface area (Å²) in [5.41, 5.74) is 1.18. The number of nitrogens with zero attached hydrogens (tertiary/aromatic N) is 1. The van der Waals surface area contributed by atoms with E-state index in [2.05, 4.69) is 12.1 Å². The first kappa shape index (κ1) is 17.7. The van der Waals surface area contributed by atoms with Crippen molar-refractivity contribution < 1.29 is 14.3 Å². The second-order valence-corrected chi connectivity index (χ2v) is 8.12. The third-order valence-corrected chi connectivity index (χ3v) is 6.51. The molecule has 1 aliphatic heterocycles. The van der Waals surface area contributed by atoms with Gasteiger partial charge in [-0.15, -0.1) is 0 Å². The number of carbonyl (C=O) groups is 2. The lowest BCUT2D eigenvalue weighted by Gasteiger charge is -2.39.